The average molecular weight is 510 g/mol. The molecule has 7 nitrogen and oxygen atoms in total. The number of amides is 1. The van der Waals surface area contributed by atoms with Crippen LogP contribution >= 0.6 is 11.3 Å². The van der Waals surface area contributed by atoms with Crippen LogP contribution in [0, 0.1) is 6.92 Å². The molecule has 0 aliphatic carbocycles. The van der Waals surface area contributed by atoms with Gasteiger partial charge in [0.2, 0.25) is 0 Å². The maximum Gasteiger partial charge on any atom is 0.390 e. The van der Waals surface area contributed by atoms with Crippen LogP contribution in [0.1, 0.15) is 40.1 Å². The minimum atomic E-state index is -4.49. The molecule has 3 heterocycles. The minimum Gasteiger partial charge on any atom is -0.393 e. The molecule has 1 N–H and O–H groups in total. The first-order valence-corrected chi connectivity index (χ1v) is 12.2. The Morgan fingerprint density at radius 3 is 2.37 bits per heavy atom. The number of thiophene rings is 1. The van der Waals surface area contributed by atoms with E-state index >= 15 is 0 Å². The van der Waals surface area contributed by atoms with Crippen molar-refractivity contribution in [2.45, 2.75) is 58.0 Å². The Labute approximate surface area is 203 Å². The molecule has 0 saturated carbocycles. The summed E-state index contributed by atoms with van der Waals surface area (Å²) < 4.78 is 41.1. The number of likely N-dealkylation sites (tertiary alicyclic amines) is 1. The van der Waals surface area contributed by atoms with Gasteiger partial charge in [-0.15, -0.1) is 11.3 Å². The van der Waals surface area contributed by atoms with Crippen molar-refractivity contribution in [3.05, 3.63) is 67.2 Å². The number of aliphatic hydroxyl groups excluding tert-OH is 1. The highest BCUT2D eigenvalue weighted by Gasteiger charge is 2.31. The summed E-state index contributed by atoms with van der Waals surface area (Å²) in [5.41, 5.74) is -0.179. The Bertz CT molecular complexity index is 1340. The maximum atomic E-state index is 13.4. The van der Waals surface area contributed by atoms with E-state index in [0.717, 1.165) is 26.0 Å². The summed E-state index contributed by atoms with van der Waals surface area (Å²) in [6.45, 7) is 1.64. The van der Waals surface area contributed by atoms with Gasteiger partial charge in [0.25, 0.3) is 11.5 Å². The van der Waals surface area contributed by atoms with Crippen molar-refractivity contribution >= 4 is 27.5 Å². The Balaban J connectivity index is 1.80. The molecular formula is C24H26F3N3O4S. The Hall–Kier alpha value is -2.92. The molecule has 4 rings (SSSR count). The SMILES string of the molecule is Cc1c(C(=O)N2CCC(O)CC2)sc2c1c(=O)n(CCc1ccccc1)c(=O)n2CCC(F)(F)F. The van der Waals surface area contributed by atoms with Crippen molar-refractivity contribution in [3.63, 3.8) is 0 Å². The van der Waals surface area contributed by atoms with Gasteiger partial charge in [0.05, 0.1) is 22.8 Å². The van der Waals surface area contributed by atoms with Crippen molar-refractivity contribution in [1.82, 2.24) is 14.0 Å². The van der Waals surface area contributed by atoms with Gasteiger partial charge in [-0.1, -0.05) is 30.3 Å². The molecule has 188 valence electrons. The number of fused-ring (bicyclic) bond motifs is 1. The molecule has 3 aromatic rings. The standard InChI is InChI=1S/C24H26F3N3O4S/c1-15-18-20(32)29(13-7-16-5-3-2-4-6-16)23(34)30(14-10-24(25,26)27)22(18)35-19(15)21(33)28-11-8-17(31)9-12-28/h2-6,17,31H,7-14H2,1H3. The summed E-state index contributed by atoms with van der Waals surface area (Å²) in [5.74, 6) is -0.347. The Morgan fingerprint density at radius 2 is 1.74 bits per heavy atom. The van der Waals surface area contributed by atoms with E-state index in [9.17, 15) is 32.7 Å². The summed E-state index contributed by atoms with van der Waals surface area (Å²) in [5, 5.41) is 9.83. The van der Waals surface area contributed by atoms with E-state index in [-0.39, 0.29) is 27.5 Å². The molecule has 2 aromatic heterocycles. The highest BCUT2D eigenvalue weighted by Crippen LogP contribution is 2.31. The Morgan fingerprint density at radius 1 is 1.09 bits per heavy atom. The molecule has 0 bridgehead atoms. The van der Waals surface area contributed by atoms with E-state index in [1.165, 1.54) is 0 Å². The summed E-state index contributed by atoms with van der Waals surface area (Å²) in [4.78, 5) is 41.7. The van der Waals surface area contributed by atoms with Gasteiger partial charge in [0.15, 0.2) is 0 Å². The monoisotopic (exact) mass is 509 g/mol. The van der Waals surface area contributed by atoms with Crippen LogP contribution in [0.3, 0.4) is 0 Å². The van der Waals surface area contributed by atoms with Crippen LogP contribution in [0.15, 0.2) is 39.9 Å². The van der Waals surface area contributed by atoms with Gasteiger partial charge >= 0.3 is 11.9 Å². The molecule has 1 aliphatic rings. The molecule has 0 radical (unpaired) electrons. The van der Waals surface area contributed by atoms with Crippen molar-refractivity contribution in [3.8, 4) is 0 Å². The van der Waals surface area contributed by atoms with Gasteiger partial charge in [-0.3, -0.25) is 18.7 Å². The first-order valence-electron chi connectivity index (χ1n) is 11.4. The quantitative estimate of drug-likeness (QED) is 0.553. The van der Waals surface area contributed by atoms with E-state index in [1.807, 2.05) is 30.3 Å². The predicted molar refractivity (Wildman–Crippen MR) is 127 cm³/mol. The molecule has 1 aliphatic heterocycles. The topological polar surface area (TPSA) is 84.5 Å². The third-order valence-electron chi connectivity index (χ3n) is 6.33. The summed E-state index contributed by atoms with van der Waals surface area (Å²) in [6.07, 6.45) is -4.99. The van der Waals surface area contributed by atoms with E-state index in [1.54, 1.807) is 11.8 Å². The van der Waals surface area contributed by atoms with E-state index < -0.39 is 36.5 Å². The molecule has 0 unspecified atom stereocenters. The summed E-state index contributed by atoms with van der Waals surface area (Å²) in [7, 11) is 0. The number of benzene rings is 1. The first-order chi connectivity index (χ1) is 16.6. The van der Waals surface area contributed by atoms with Crippen LogP contribution < -0.4 is 11.2 Å². The molecule has 0 atom stereocenters. The number of carbonyl (C=O) groups is 1. The lowest BCUT2D eigenvalue weighted by Gasteiger charge is -2.29. The molecule has 11 heteroatoms. The van der Waals surface area contributed by atoms with Crippen LogP contribution in [0.5, 0.6) is 0 Å². The first kappa shape index (κ1) is 25.2. The highest BCUT2D eigenvalue weighted by molar-refractivity contribution is 7.20. The van der Waals surface area contributed by atoms with Crippen molar-refractivity contribution in [2.75, 3.05) is 13.1 Å². The number of alkyl halides is 3. The maximum absolute atomic E-state index is 13.4. The van der Waals surface area contributed by atoms with Crippen LogP contribution in [-0.2, 0) is 19.5 Å². The molecular weight excluding hydrogens is 483 g/mol. The van der Waals surface area contributed by atoms with Gasteiger partial charge in [-0.05, 0) is 37.3 Å². The van der Waals surface area contributed by atoms with E-state index in [0.29, 0.717) is 37.9 Å². The van der Waals surface area contributed by atoms with E-state index in [4.69, 9.17) is 0 Å². The third-order valence-corrected chi connectivity index (χ3v) is 7.63. The number of halogens is 3. The van der Waals surface area contributed by atoms with Gasteiger partial charge in [-0.2, -0.15) is 13.2 Å². The van der Waals surface area contributed by atoms with Gasteiger partial charge in [0, 0.05) is 26.2 Å². The van der Waals surface area contributed by atoms with Crippen LogP contribution in [-0.4, -0.2) is 50.4 Å². The smallest absolute Gasteiger partial charge is 0.390 e. The van der Waals surface area contributed by atoms with Gasteiger partial charge < -0.3 is 10.0 Å². The number of aryl methyl sites for hydroxylation is 3. The van der Waals surface area contributed by atoms with Crippen LogP contribution in [0.2, 0.25) is 0 Å². The lowest BCUT2D eigenvalue weighted by atomic mass is 10.1. The second kappa shape index (κ2) is 9.98. The van der Waals surface area contributed by atoms with Crippen molar-refractivity contribution < 1.29 is 23.1 Å². The number of carbonyl (C=O) groups excluding carboxylic acids is 1. The number of rotatable bonds is 6. The lowest BCUT2D eigenvalue weighted by Crippen LogP contribution is -2.41. The number of aromatic nitrogens is 2. The van der Waals surface area contributed by atoms with Gasteiger partial charge in [0.1, 0.15) is 4.83 Å². The zero-order valence-electron chi connectivity index (χ0n) is 19.2. The number of hydrogen-bond acceptors (Lipinski definition) is 5. The second-order valence-corrected chi connectivity index (χ2v) is 9.75. The van der Waals surface area contributed by atoms with Crippen LogP contribution in [0.4, 0.5) is 13.2 Å². The van der Waals surface area contributed by atoms with E-state index in [2.05, 4.69) is 0 Å². The molecule has 1 fully saturated rings. The second-order valence-electron chi connectivity index (χ2n) is 8.75. The summed E-state index contributed by atoms with van der Waals surface area (Å²) >= 11 is 0.884. The highest BCUT2D eigenvalue weighted by atomic mass is 32.1. The van der Waals surface area contributed by atoms with Gasteiger partial charge in [-0.25, -0.2) is 4.79 Å². The molecule has 35 heavy (non-hydrogen) atoms. The van der Waals surface area contributed by atoms with Crippen molar-refractivity contribution in [1.29, 1.82) is 0 Å². The zero-order chi connectivity index (χ0) is 25.3. The third kappa shape index (κ3) is 5.35. The fourth-order valence-electron chi connectivity index (χ4n) is 4.33. The summed E-state index contributed by atoms with van der Waals surface area (Å²) in [6, 6.07) is 9.16. The Kier molecular flexibility index (Phi) is 7.18. The minimum absolute atomic E-state index is 0.00617. The number of nitrogens with zero attached hydrogens (tertiary/aromatic N) is 3. The number of piperidine rings is 1. The number of aliphatic hydroxyl groups is 1. The largest absolute Gasteiger partial charge is 0.393 e. The molecule has 1 aromatic carbocycles. The fraction of sp³-hybridized carbons (Fsp3) is 0.458. The fourth-order valence-corrected chi connectivity index (χ4v) is 5.62. The zero-order valence-corrected chi connectivity index (χ0v) is 20.0. The molecule has 1 amide bonds. The lowest BCUT2D eigenvalue weighted by molar-refractivity contribution is -0.136. The molecule has 1 saturated heterocycles. The molecule has 0 spiro atoms. The number of hydrogen-bond donors (Lipinski definition) is 1. The van der Waals surface area contributed by atoms with Crippen molar-refractivity contribution in [2.24, 2.45) is 0 Å². The average Bonchev–Trinajstić information content (AvgIpc) is 3.16. The normalized spacial score (nSPS) is 15.2. The van der Waals surface area contributed by atoms with Crippen LogP contribution in [0.25, 0.3) is 10.2 Å². The predicted octanol–water partition coefficient (Wildman–Crippen LogP) is 3.33.